The fraction of sp³-hybridized carbons (Fsp3) is 0.364. The minimum absolute atomic E-state index is 0.147. The highest BCUT2D eigenvalue weighted by molar-refractivity contribution is 6.35. The number of nitrogens with one attached hydrogen (secondary N) is 1. The van der Waals surface area contributed by atoms with Crippen LogP contribution in [0.15, 0.2) is 42.5 Å². The summed E-state index contributed by atoms with van der Waals surface area (Å²) >= 11 is 12.2. The third-order valence-electron chi connectivity index (χ3n) is 4.96. The number of rotatable bonds is 6. The lowest BCUT2D eigenvalue weighted by molar-refractivity contribution is -0.125. The average Bonchev–Trinajstić information content (AvgIpc) is 3.18. The maximum atomic E-state index is 12.9. The maximum absolute atomic E-state index is 12.9. The number of carbonyl (C=O) groups excluding carboxylic acids is 2. The van der Waals surface area contributed by atoms with E-state index in [2.05, 4.69) is 22.3 Å². The zero-order chi connectivity index (χ0) is 21.0. The van der Waals surface area contributed by atoms with E-state index in [1.165, 1.54) is 5.56 Å². The molecule has 0 aromatic heterocycles. The Morgan fingerprint density at radius 2 is 1.79 bits per heavy atom. The Kier molecular flexibility index (Phi) is 7.17. The van der Waals surface area contributed by atoms with Crippen molar-refractivity contribution in [2.45, 2.75) is 32.0 Å². The van der Waals surface area contributed by atoms with Crippen LogP contribution in [0.5, 0.6) is 0 Å². The molecule has 1 saturated heterocycles. The first-order chi connectivity index (χ1) is 13.8. The molecule has 2 amide bonds. The molecule has 1 aliphatic heterocycles. The van der Waals surface area contributed by atoms with Crippen LogP contribution in [-0.2, 0) is 17.9 Å². The Balaban J connectivity index is 1.62. The molecular formula is C22H25Cl2N3O2. The molecule has 1 heterocycles. The maximum Gasteiger partial charge on any atom is 0.256 e. The summed E-state index contributed by atoms with van der Waals surface area (Å²) in [4.78, 5) is 29.4. The molecule has 1 fully saturated rings. The van der Waals surface area contributed by atoms with Crippen molar-refractivity contribution in [3.05, 3.63) is 69.2 Å². The van der Waals surface area contributed by atoms with Crippen LogP contribution in [0, 0.1) is 0 Å². The smallest absolute Gasteiger partial charge is 0.256 e. The lowest BCUT2D eigenvalue weighted by Crippen LogP contribution is -2.45. The fourth-order valence-corrected chi connectivity index (χ4v) is 3.90. The zero-order valence-electron chi connectivity index (χ0n) is 16.6. The Labute approximate surface area is 181 Å². The van der Waals surface area contributed by atoms with E-state index in [0.29, 0.717) is 35.1 Å². The molecule has 7 heteroatoms. The minimum atomic E-state index is -0.495. The summed E-state index contributed by atoms with van der Waals surface area (Å²) in [7, 11) is 4.05. The van der Waals surface area contributed by atoms with E-state index < -0.39 is 6.04 Å². The molecule has 1 N–H and O–H groups in total. The molecule has 0 unspecified atom stereocenters. The summed E-state index contributed by atoms with van der Waals surface area (Å²) in [6.07, 6.45) is 1.42. The Morgan fingerprint density at radius 3 is 2.48 bits per heavy atom. The van der Waals surface area contributed by atoms with Crippen molar-refractivity contribution in [1.29, 1.82) is 0 Å². The zero-order valence-corrected chi connectivity index (χ0v) is 18.1. The van der Waals surface area contributed by atoms with Crippen molar-refractivity contribution in [3.8, 4) is 0 Å². The molecule has 0 radical (unpaired) electrons. The van der Waals surface area contributed by atoms with Gasteiger partial charge in [-0.2, -0.15) is 0 Å². The Bertz CT molecular complexity index is 884. The van der Waals surface area contributed by atoms with Crippen LogP contribution in [0.25, 0.3) is 0 Å². The highest BCUT2D eigenvalue weighted by atomic mass is 35.5. The van der Waals surface area contributed by atoms with Crippen LogP contribution < -0.4 is 5.32 Å². The topological polar surface area (TPSA) is 52.7 Å². The fourth-order valence-electron chi connectivity index (χ4n) is 3.53. The Hall–Kier alpha value is -2.08. The van der Waals surface area contributed by atoms with E-state index in [1.807, 2.05) is 26.2 Å². The number of benzene rings is 2. The van der Waals surface area contributed by atoms with Gasteiger partial charge in [-0.3, -0.25) is 9.59 Å². The van der Waals surface area contributed by atoms with E-state index in [4.69, 9.17) is 23.2 Å². The van der Waals surface area contributed by atoms with E-state index >= 15 is 0 Å². The second-order valence-electron chi connectivity index (χ2n) is 7.55. The molecule has 5 nitrogen and oxygen atoms in total. The monoisotopic (exact) mass is 433 g/mol. The van der Waals surface area contributed by atoms with Crippen molar-refractivity contribution in [3.63, 3.8) is 0 Å². The van der Waals surface area contributed by atoms with Crippen LogP contribution in [-0.4, -0.2) is 48.3 Å². The van der Waals surface area contributed by atoms with Gasteiger partial charge >= 0.3 is 0 Å². The largest absolute Gasteiger partial charge is 0.350 e. The number of hydrogen-bond donors (Lipinski definition) is 1. The molecule has 2 aromatic rings. The normalized spacial score (nSPS) is 16.3. The van der Waals surface area contributed by atoms with Crippen molar-refractivity contribution >= 4 is 35.0 Å². The number of hydrogen-bond acceptors (Lipinski definition) is 3. The third-order valence-corrected chi connectivity index (χ3v) is 5.53. The molecule has 2 aromatic carbocycles. The summed E-state index contributed by atoms with van der Waals surface area (Å²) in [5, 5.41) is 3.74. The SMILES string of the molecule is CN(C)Cc1ccc(CNC(=O)[C@@H]2CCCN2C(=O)c2cc(Cl)ccc2Cl)cc1. The second kappa shape index (κ2) is 9.61. The molecule has 1 atom stereocenters. The van der Waals surface area contributed by atoms with E-state index in [1.54, 1.807) is 23.1 Å². The molecular weight excluding hydrogens is 409 g/mol. The highest BCUT2D eigenvalue weighted by Crippen LogP contribution is 2.26. The minimum Gasteiger partial charge on any atom is -0.350 e. The van der Waals surface area contributed by atoms with E-state index in [-0.39, 0.29) is 11.8 Å². The molecule has 3 rings (SSSR count). The van der Waals surface area contributed by atoms with Gasteiger partial charge in [-0.1, -0.05) is 47.5 Å². The molecule has 154 valence electrons. The first-order valence-electron chi connectivity index (χ1n) is 9.61. The van der Waals surface area contributed by atoms with E-state index in [9.17, 15) is 9.59 Å². The number of likely N-dealkylation sites (tertiary alicyclic amines) is 1. The van der Waals surface area contributed by atoms with Gasteiger partial charge in [0.05, 0.1) is 10.6 Å². The lowest BCUT2D eigenvalue weighted by atomic mass is 10.1. The van der Waals surface area contributed by atoms with Crippen molar-refractivity contribution in [2.24, 2.45) is 0 Å². The molecule has 0 saturated carbocycles. The van der Waals surface area contributed by atoms with Gasteiger partial charge in [0.2, 0.25) is 5.91 Å². The van der Waals surface area contributed by atoms with Gasteiger partial charge < -0.3 is 15.1 Å². The van der Waals surface area contributed by atoms with Crippen LogP contribution in [0.2, 0.25) is 10.0 Å². The van der Waals surface area contributed by atoms with Gasteiger partial charge in [0.1, 0.15) is 6.04 Å². The Morgan fingerprint density at radius 1 is 1.10 bits per heavy atom. The van der Waals surface area contributed by atoms with Crippen molar-refractivity contribution < 1.29 is 9.59 Å². The van der Waals surface area contributed by atoms with Gasteiger partial charge in [0.15, 0.2) is 0 Å². The third kappa shape index (κ3) is 5.50. The standard InChI is InChI=1S/C22H25Cl2N3O2/c1-26(2)14-16-7-5-15(6-8-16)13-25-21(28)20-4-3-11-27(20)22(29)18-12-17(23)9-10-19(18)24/h5-10,12,20H,3-4,11,13-14H2,1-2H3,(H,25,28)/t20-/m0/s1. The highest BCUT2D eigenvalue weighted by Gasteiger charge is 2.35. The number of halogens is 2. The van der Waals surface area contributed by atoms with Gasteiger partial charge in [-0.15, -0.1) is 0 Å². The molecule has 0 spiro atoms. The predicted molar refractivity (Wildman–Crippen MR) is 116 cm³/mol. The van der Waals surface area contributed by atoms with E-state index in [0.717, 1.165) is 18.5 Å². The summed E-state index contributed by atoms with van der Waals surface area (Å²) < 4.78 is 0. The number of amides is 2. The van der Waals surface area contributed by atoms with Crippen LogP contribution in [0.1, 0.15) is 34.3 Å². The predicted octanol–water partition coefficient (Wildman–Crippen LogP) is 3.98. The molecule has 0 bridgehead atoms. The average molecular weight is 434 g/mol. The van der Waals surface area contributed by atoms with Gasteiger partial charge in [-0.25, -0.2) is 0 Å². The van der Waals surface area contributed by atoms with Crippen molar-refractivity contribution in [1.82, 2.24) is 15.1 Å². The second-order valence-corrected chi connectivity index (χ2v) is 8.40. The van der Waals surface area contributed by atoms with Crippen LogP contribution >= 0.6 is 23.2 Å². The van der Waals surface area contributed by atoms with Crippen molar-refractivity contribution in [2.75, 3.05) is 20.6 Å². The quantitative estimate of drug-likeness (QED) is 0.749. The lowest BCUT2D eigenvalue weighted by Gasteiger charge is -2.24. The molecule has 0 aliphatic carbocycles. The summed E-state index contributed by atoms with van der Waals surface area (Å²) in [5.74, 6) is -0.408. The summed E-state index contributed by atoms with van der Waals surface area (Å²) in [6.45, 7) is 1.83. The summed E-state index contributed by atoms with van der Waals surface area (Å²) in [5.41, 5.74) is 2.57. The molecule has 1 aliphatic rings. The number of nitrogens with zero attached hydrogens (tertiary/aromatic N) is 2. The first-order valence-corrected chi connectivity index (χ1v) is 10.4. The van der Waals surface area contributed by atoms with Crippen LogP contribution in [0.4, 0.5) is 0 Å². The molecule has 29 heavy (non-hydrogen) atoms. The van der Waals surface area contributed by atoms with Gasteiger partial charge in [0.25, 0.3) is 5.91 Å². The van der Waals surface area contributed by atoms with Gasteiger partial charge in [0, 0.05) is 24.7 Å². The van der Waals surface area contributed by atoms with Crippen LogP contribution in [0.3, 0.4) is 0 Å². The number of carbonyl (C=O) groups is 2. The summed E-state index contributed by atoms with van der Waals surface area (Å²) in [6, 6.07) is 12.5. The first kappa shape index (κ1) is 21.6. The van der Waals surface area contributed by atoms with Gasteiger partial charge in [-0.05, 0) is 56.3 Å².